The highest BCUT2D eigenvalue weighted by molar-refractivity contribution is 5.77. The maximum atomic E-state index is 7.83. The van der Waals surface area contributed by atoms with Crippen LogP contribution in [0.2, 0.25) is 0 Å². The van der Waals surface area contributed by atoms with E-state index in [1.807, 2.05) is 0 Å². The van der Waals surface area contributed by atoms with Crippen LogP contribution in [0.4, 0.5) is 0 Å². The van der Waals surface area contributed by atoms with Crippen LogP contribution in [0.3, 0.4) is 0 Å². The van der Waals surface area contributed by atoms with E-state index in [4.69, 9.17) is 22.7 Å². The summed E-state index contributed by atoms with van der Waals surface area (Å²) in [6.45, 7) is 0. The Morgan fingerprint density at radius 3 is 2.25 bits per heavy atom. The van der Waals surface area contributed by atoms with Gasteiger partial charge in [-0.15, -0.1) is 4.99 Å². The van der Waals surface area contributed by atoms with Gasteiger partial charge >= 0.3 is 0 Å². The van der Waals surface area contributed by atoms with Crippen LogP contribution in [0.15, 0.2) is 4.99 Å². The molecule has 0 aliphatic carbocycles. The molecule has 0 unspecified atom stereocenters. The molecule has 0 aromatic heterocycles. The number of aliphatic imine (C=N–C) groups is 1. The molecular weight excluding hydrogens is 108 g/mol. The first-order valence-electron chi connectivity index (χ1n) is 1.70. The third-order valence-corrected chi connectivity index (χ3v) is 0.429. The Hall–Kier alpha value is -1.32. The van der Waals surface area contributed by atoms with Gasteiger partial charge in [-0.2, -0.15) is 5.26 Å². The Bertz CT molecular complexity index is 128. The summed E-state index contributed by atoms with van der Waals surface area (Å²) in [5, 5.41) is 8.39. The smallest absolute Gasteiger partial charge is 0.236 e. The van der Waals surface area contributed by atoms with Crippen LogP contribution in [0.1, 0.15) is 0 Å². The van der Waals surface area contributed by atoms with Crippen molar-refractivity contribution in [3.8, 4) is 6.19 Å². The molecule has 6 N–H and O–H groups in total. The van der Waals surface area contributed by atoms with Crippen LogP contribution in [0.25, 0.3) is 0 Å². The highest BCUT2D eigenvalue weighted by Gasteiger charge is 1.90. The summed E-state index contributed by atoms with van der Waals surface area (Å²) in [6, 6.07) is 0. The average molecular weight is 114 g/mol. The Labute approximate surface area is 46.1 Å². The molecule has 0 saturated carbocycles. The molecule has 0 radical (unpaired) electrons. The predicted molar refractivity (Wildman–Crippen MR) is 27.4 cm³/mol. The SMILES string of the molecule is N#CN=C(N)N(N)N. The number of rotatable bonds is 0. The Morgan fingerprint density at radius 2 is 2.12 bits per heavy atom. The van der Waals surface area contributed by atoms with Crippen LogP contribution < -0.4 is 17.4 Å². The molecule has 8 heavy (non-hydrogen) atoms. The van der Waals surface area contributed by atoms with E-state index in [-0.39, 0.29) is 5.96 Å². The van der Waals surface area contributed by atoms with Crippen molar-refractivity contribution in [2.45, 2.75) is 0 Å². The van der Waals surface area contributed by atoms with E-state index in [0.717, 1.165) is 0 Å². The van der Waals surface area contributed by atoms with E-state index in [0.29, 0.717) is 5.12 Å². The highest BCUT2D eigenvalue weighted by atomic mass is 15.6. The summed E-state index contributed by atoms with van der Waals surface area (Å²) in [5.41, 5.74) is 4.93. The van der Waals surface area contributed by atoms with Gasteiger partial charge in [-0.05, 0) is 0 Å². The molecule has 44 valence electrons. The van der Waals surface area contributed by atoms with Crippen LogP contribution in [-0.4, -0.2) is 11.1 Å². The van der Waals surface area contributed by atoms with Crippen molar-refractivity contribution >= 4 is 5.96 Å². The van der Waals surface area contributed by atoms with Crippen molar-refractivity contribution < 1.29 is 0 Å². The number of nitrogens with two attached hydrogens (primary N) is 3. The van der Waals surface area contributed by atoms with Crippen molar-refractivity contribution in [1.82, 2.24) is 5.12 Å². The second kappa shape index (κ2) is 2.79. The first kappa shape index (κ1) is 6.68. The third-order valence-electron chi connectivity index (χ3n) is 0.429. The monoisotopic (exact) mass is 114 g/mol. The minimum Gasteiger partial charge on any atom is -0.367 e. The summed E-state index contributed by atoms with van der Waals surface area (Å²) in [7, 11) is 0. The molecule has 0 aromatic carbocycles. The molecule has 0 heterocycles. The van der Waals surface area contributed by atoms with Gasteiger partial charge in [-0.1, -0.05) is 0 Å². The van der Waals surface area contributed by atoms with Gasteiger partial charge in [-0.25, -0.2) is 16.8 Å². The van der Waals surface area contributed by atoms with E-state index in [1.54, 1.807) is 0 Å². The average Bonchev–Trinajstić information content (AvgIpc) is 1.67. The van der Waals surface area contributed by atoms with E-state index in [9.17, 15) is 0 Å². The quantitative estimate of drug-likeness (QED) is 0.109. The summed E-state index contributed by atoms with van der Waals surface area (Å²) in [4.78, 5) is 3.00. The Morgan fingerprint density at radius 1 is 1.62 bits per heavy atom. The van der Waals surface area contributed by atoms with Gasteiger partial charge in [0.2, 0.25) is 12.2 Å². The van der Waals surface area contributed by atoms with Crippen LogP contribution in [0, 0.1) is 11.5 Å². The second-order valence-corrected chi connectivity index (χ2v) is 0.977. The molecule has 0 fully saturated rings. The van der Waals surface area contributed by atoms with Crippen molar-refractivity contribution in [2.75, 3.05) is 0 Å². The molecule has 0 rings (SSSR count). The van der Waals surface area contributed by atoms with Crippen LogP contribution >= 0.6 is 0 Å². The maximum Gasteiger partial charge on any atom is 0.236 e. The number of nitriles is 1. The molecule has 0 aliphatic heterocycles. The van der Waals surface area contributed by atoms with Crippen molar-refractivity contribution in [3.05, 3.63) is 0 Å². The second-order valence-electron chi connectivity index (χ2n) is 0.977. The zero-order valence-corrected chi connectivity index (χ0v) is 4.07. The maximum absolute atomic E-state index is 7.83. The molecule has 0 aliphatic rings. The molecule has 0 bridgehead atoms. The lowest BCUT2D eigenvalue weighted by atomic mass is 11.0. The summed E-state index contributed by atoms with van der Waals surface area (Å²) < 4.78 is 0. The zero-order chi connectivity index (χ0) is 6.57. The molecule has 6 nitrogen and oxygen atoms in total. The fourth-order valence-corrected chi connectivity index (χ4v) is 0.109. The molecule has 0 atom stereocenters. The Kier molecular flexibility index (Phi) is 2.33. The van der Waals surface area contributed by atoms with Gasteiger partial charge in [0, 0.05) is 0 Å². The Balaban J connectivity index is 3.85. The lowest BCUT2D eigenvalue weighted by Crippen LogP contribution is -2.47. The molecule has 6 heteroatoms. The number of hydrazine groups is 2. The molecular formula is C2H6N6. The van der Waals surface area contributed by atoms with Gasteiger partial charge in [0.05, 0.1) is 0 Å². The topological polar surface area (TPSA) is 117 Å². The number of nitrogens with zero attached hydrogens (tertiary/aromatic N) is 3. The molecule has 0 spiro atoms. The first-order chi connectivity index (χ1) is 3.68. The number of hydrogen-bond donors (Lipinski definition) is 3. The van der Waals surface area contributed by atoms with Crippen LogP contribution in [-0.2, 0) is 0 Å². The number of hydrogen-bond acceptors (Lipinski definition) is 4. The van der Waals surface area contributed by atoms with E-state index in [1.165, 1.54) is 6.19 Å². The van der Waals surface area contributed by atoms with Gasteiger partial charge in [0.25, 0.3) is 0 Å². The zero-order valence-electron chi connectivity index (χ0n) is 4.07. The van der Waals surface area contributed by atoms with Gasteiger partial charge in [0.15, 0.2) is 0 Å². The molecule has 0 saturated heterocycles. The van der Waals surface area contributed by atoms with Gasteiger partial charge in [-0.3, -0.25) is 0 Å². The van der Waals surface area contributed by atoms with E-state index >= 15 is 0 Å². The first-order valence-corrected chi connectivity index (χ1v) is 1.70. The minimum absolute atomic E-state index is 0.215. The molecule has 0 aromatic rings. The van der Waals surface area contributed by atoms with Crippen molar-refractivity contribution in [3.63, 3.8) is 0 Å². The minimum atomic E-state index is -0.215. The van der Waals surface area contributed by atoms with E-state index < -0.39 is 0 Å². The van der Waals surface area contributed by atoms with Crippen molar-refractivity contribution in [2.24, 2.45) is 22.4 Å². The van der Waals surface area contributed by atoms with Crippen LogP contribution in [0.5, 0.6) is 0 Å². The standard InChI is InChI=1S/C2H6N6/c3-1-7-2(4)8(5)6/h5-6H2,(H2,4,7). The fourth-order valence-electron chi connectivity index (χ4n) is 0.109. The summed E-state index contributed by atoms with van der Waals surface area (Å²) >= 11 is 0. The lowest BCUT2D eigenvalue weighted by Gasteiger charge is -2.05. The summed E-state index contributed by atoms with van der Waals surface area (Å²) in [5.74, 6) is 9.44. The fraction of sp³-hybridized carbons (Fsp3) is 0. The highest BCUT2D eigenvalue weighted by Crippen LogP contribution is 1.63. The third kappa shape index (κ3) is 1.96. The van der Waals surface area contributed by atoms with Gasteiger partial charge in [0.1, 0.15) is 0 Å². The summed E-state index contributed by atoms with van der Waals surface area (Å²) in [6.07, 6.45) is 1.41. The number of guanidine groups is 1. The normalized spacial score (nSPS) is 10.4. The van der Waals surface area contributed by atoms with Gasteiger partial charge < -0.3 is 5.73 Å². The van der Waals surface area contributed by atoms with Crippen molar-refractivity contribution in [1.29, 1.82) is 5.26 Å². The molecule has 0 amide bonds. The lowest BCUT2D eigenvalue weighted by molar-refractivity contribution is 0.460. The largest absolute Gasteiger partial charge is 0.367 e. The van der Waals surface area contributed by atoms with E-state index in [2.05, 4.69) is 4.99 Å². The predicted octanol–water partition coefficient (Wildman–Crippen LogP) is -2.17.